The number of hydrogen-bond donors (Lipinski definition) is 2. The van der Waals surface area contributed by atoms with Gasteiger partial charge in [0, 0.05) is 5.56 Å². The van der Waals surface area contributed by atoms with Crippen LogP contribution in [0.15, 0.2) is 103 Å². The molecule has 0 aliphatic carbocycles. The molecule has 0 fully saturated rings. The van der Waals surface area contributed by atoms with E-state index >= 15 is 0 Å². The zero-order valence-electron chi connectivity index (χ0n) is 22.3. The molecule has 0 aliphatic heterocycles. The van der Waals surface area contributed by atoms with Crippen LogP contribution in [0.4, 0.5) is 4.39 Å². The second-order valence-corrected chi connectivity index (χ2v) is 9.87. The number of hydrogen-bond acceptors (Lipinski definition) is 5. The minimum Gasteiger partial charge on any atom is -0.478 e. The summed E-state index contributed by atoms with van der Waals surface area (Å²) in [6, 6.07) is 27.9. The Balaban J connectivity index is 1.42. The molecule has 206 valence electrons. The van der Waals surface area contributed by atoms with Gasteiger partial charge in [-0.05, 0) is 76.9 Å². The van der Waals surface area contributed by atoms with E-state index in [0.29, 0.717) is 33.1 Å². The lowest BCUT2D eigenvalue weighted by molar-refractivity contribution is 0.0696. The van der Waals surface area contributed by atoms with Crippen LogP contribution in [0, 0.1) is 5.82 Å². The fourth-order valence-corrected chi connectivity index (χ4v) is 4.89. The summed E-state index contributed by atoms with van der Waals surface area (Å²) in [6.45, 7) is 1.78. The van der Waals surface area contributed by atoms with Gasteiger partial charge in [-0.2, -0.15) is 0 Å². The van der Waals surface area contributed by atoms with Gasteiger partial charge in [0.15, 0.2) is 5.65 Å². The molecular weight excluding hydrogens is 535 g/mol. The lowest BCUT2D eigenvalue weighted by Gasteiger charge is -2.16. The molecule has 2 heterocycles. The summed E-state index contributed by atoms with van der Waals surface area (Å²) in [5.41, 5.74) is 3.18. The molecule has 0 saturated heterocycles. The molecule has 8 nitrogen and oxygen atoms in total. The van der Waals surface area contributed by atoms with Crippen molar-refractivity contribution in [1.29, 1.82) is 0 Å². The molecule has 42 heavy (non-hydrogen) atoms. The average molecular weight is 559 g/mol. The summed E-state index contributed by atoms with van der Waals surface area (Å²) in [4.78, 5) is 38.7. The van der Waals surface area contributed by atoms with Crippen molar-refractivity contribution >= 4 is 34.1 Å². The minimum atomic E-state index is -1.04. The van der Waals surface area contributed by atoms with Crippen molar-refractivity contribution in [2.75, 3.05) is 0 Å². The van der Waals surface area contributed by atoms with Crippen molar-refractivity contribution in [3.8, 4) is 11.1 Å². The van der Waals surface area contributed by atoms with Gasteiger partial charge in [0.2, 0.25) is 11.6 Å². The molecule has 1 atom stereocenters. The number of halogens is 1. The number of fused-ring (bicyclic) bond motifs is 2. The maximum Gasteiger partial charge on any atom is 0.335 e. The molecule has 0 bridgehead atoms. The monoisotopic (exact) mass is 558 g/mol. The van der Waals surface area contributed by atoms with Crippen LogP contribution in [0.5, 0.6) is 0 Å². The number of carboxylic acid groups (broad SMARTS) is 1. The second-order valence-electron chi connectivity index (χ2n) is 9.87. The zero-order chi connectivity index (χ0) is 29.4. The lowest BCUT2D eigenvalue weighted by atomic mass is 10.0. The Labute approximate surface area is 239 Å². The van der Waals surface area contributed by atoms with Crippen molar-refractivity contribution in [3.05, 3.63) is 137 Å². The van der Waals surface area contributed by atoms with Gasteiger partial charge >= 0.3 is 5.97 Å². The van der Waals surface area contributed by atoms with E-state index in [1.54, 1.807) is 55.5 Å². The first-order valence-electron chi connectivity index (χ1n) is 13.1. The summed E-state index contributed by atoms with van der Waals surface area (Å²) < 4.78 is 15.1. The Morgan fingerprint density at radius 2 is 1.48 bits per heavy atom. The number of nitrogens with zero attached hydrogens (tertiary/aromatic N) is 3. The first-order chi connectivity index (χ1) is 20.3. The molecule has 2 N–H and O–H groups in total. The number of aromatic nitrogens is 3. The van der Waals surface area contributed by atoms with E-state index < -0.39 is 23.7 Å². The van der Waals surface area contributed by atoms with Crippen LogP contribution in [0.1, 0.15) is 55.6 Å². The Morgan fingerprint density at radius 3 is 2.21 bits per heavy atom. The van der Waals surface area contributed by atoms with Gasteiger partial charge in [-0.1, -0.05) is 60.7 Å². The van der Waals surface area contributed by atoms with Crippen LogP contribution in [0.2, 0.25) is 0 Å². The van der Waals surface area contributed by atoms with Gasteiger partial charge in [-0.3, -0.25) is 14.0 Å². The van der Waals surface area contributed by atoms with E-state index in [1.807, 2.05) is 30.3 Å². The maximum absolute atomic E-state index is 13.8. The number of amides is 1. The molecule has 0 saturated carbocycles. The van der Waals surface area contributed by atoms with Crippen LogP contribution in [0.25, 0.3) is 27.5 Å². The number of carboxylic acids is 1. The highest BCUT2D eigenvalue weighted by molar-refractivity contribution is 6.09. The van der Waals surface area contributed by atoms with Gasteiger partial charge in [0.1, 0.15) is 11.5 Å². The Kier molecular flexibility index (Phi) is 6.76. The van der Waals surface area contributed by atoms with Crippen LogP contribution in [-0.4, -0.2) is 37.4 Å². The van der Waals surface area contributed by atoms with Gasteiger partial charge in [-0.25, -0.2) is 9.18 Å². The van der Waals surface area contributed by atoms with Gasteiger partial charge < -0.3 is 10.4 Å². The highest BCUT2D eigenvalue weighted by Crippen LogP contribution is 2.26. The van der Waals surface area contributed by atoms with Crippen molar-refractivity contribution in [1.82, 2.24) is 19.9 Å². The molecule has 0 radical (unpaired) electrons. The number of rotatable bonds is 7. The van der Waals surface area contributed by atoms with Crippen LogP contribution < -0.4 is 5.32 Å². The number of aromatic carboxylic acids is 1. The van der Waals surface area contributed by atoms with E-state index in [0.717, 1.165) is 5.56 Å². The number of pyridine rings is 1. The fraction of sp³-hybridized carbons (Fsp3) is 0.0606. The number of benzene rings is 4. The summed E-state index contributed by atoms with van der Waals surface area (Å²) in [6.07, 6.45) is 0. The molecule has 4 aromatic carbocycles. The molecule has 0 aliphatic rings. The normalized spacial score (nSPS) is 11.9. The van der Waals surface area contributed by atoms with Crippen molar-refractivity contribution in [2.45, 2.75) is 13.0 Å². The lowest BCUT2D eigenvalue weighted by Crippen LogP contribution is -2.29. The quantitative estimate of drug-likeness (QED) is 0.229. The predicted molar refractivity (Wildman–Crippen MR) is 155 cm³/mol. The van der Waals surface area contributed by atoms with Crippen LogP contribution in [0.3, 0.4) is 0 Å². The summed E-state index contributed by atoms with van der Waals surface area (Å²) in [5.74, 6) is -2.39. The highest BCUT2D eigenvalue weighted by atomic mass is 19.1. The van der Waals surface area contributed by atoms with Crippen molar-refractivity contribution < 1.29 is 23.9 Å². The number of carbonyl (C=O) groups excluding carboxylic acids is 2. The average Bonchev–Trinajstić information content (AvgIpc) is 3.44. The van der Waals surface area contributed by atoms with E-state index in [2.05, 4.69) is 15.5 Å². The third-order valence-corrected chi connectivity index (χ3v) is 7.12. The molecular formula is C33H23FN4O4. The smallest absolute Gasteiger partial charge is 0.335 e. The summed E-state index contributed by atoms with van der Waals surface area (Å²) >= 11 is 0. The topological polar surface area (TPSA) is 114 Å². The first-order valence-corrected chi connectivity index (χ1v) is 13.1. The minimum absolute atomic E-state index is 0.0466. The molecule has 1 amide bonds. The number of nitrogens with one attached hydrogen (secondary N) is 1. The molecule has 0 unspecified atom stereocenters. The van der Waals surface area contributed by atoms with Crippen LogP contribution >= 0.6 is 0 Å². The fourth-order valence-electron chi connectivity index (χ4n) is 4.89. The number of ketones is 1. The number of carbonyl (C=O) groups is 3. The largest absolute Gasteiger partial charge is 0.478 e. The van der Waals surface area contributed by atoms with Gasteiger partial charge in [-0.15, -0.1) is 10.2 Å². The zero-order valence-corrected chi connectivity index (χ0v) is 22.3. The van der Waals surface area contributed by atoms with Crippen molar-refractivity contribution in [3.63, 3.8) is 0 Å². The molecule has 6 aromatic rings. The second kappa shape index (κ2) is 10.7. The van der Waals surface area contributed by atoms with Crippen molar-refractivity contribution in [2.24, 2.45) is 0 Å². The SMILES string of the molecule is C[C@H](NC(=O)c1cc(-c2ccccc2)cc2nnc(C(=O)c3ccc4cc(F)ccc4c3)n12)c1ccc(C(=O)O)cc1. The van der Waals surface area contributed by atoms with E-state index in [-0.39, 0.29) is 22.9 Å². The molecule has 9 heteroatoms. The highest BCUT2D eigenvalue weighted by Gasteiger charge is 2.24. The summed E-state index contributed by atoms with van der Waals surface area (Å²) in [5, 5.41) is 21.9. The maximum atomic E-state index is 13.8. The van der Waals surface area contributed by atoms with Crippen LogP contribution in [-0.2, 0) is 0 Å². The standard InChI is InChI=1S/C33H23FN4O4/c1-19(20-7-9-22(10-8-20)33(41)42)35-32(40)28-17-26(21-5-3-2-4-6-21)18-29-36-37-31(38(28)29)30(39)25-12-11-24-16-27(34)14-13-23(24)15-25/h2-19H,1H3,(H,35,40)(H,41,42)/t19-/m0/s1. The van der Waals surface area contributed by atoms with E-state index in [9.17, 15) is 23.9 Å². The molecule has 2 aromatic heterocycles. The van der Waals surface area contributed by atoms with Gasteiger partial charge in [0.05, 0.1) is 11.6 Å². The third kappa shape index (κ3) is 4.99. The molecule has 6 rings (SSSR count). The Morgan fingerprint density at radius 1 is 0.786 bits per heavy atom. The summed E-state index contributed by atoms with van der Waals surface area (Å²) in [7, 11) is 0. The van der Waals surface area contributed by atoms with E-state index in [1.165, 1.54) is 28.7 Å². The van der Waals surface area contributed by atoms with Gasteiger partial charge in [0.25, 0.3) is 5.91 Å². The molecule has 0 spiro atoms. The predicted octanol–water partition coefficient (Wildman–Crippen LogP) is 6.11. The Bertz CT molecular complexity index is 2000. The Hall–Kier alpha value is -5.70. The first kappa shape index (κ1) is 26.5. The third-order valence-electron chi connectivity index (χ3n) is 7.12. The van der Waals surface area contributed by atoms with E-state index in [4.69, 9.17) is 0 Å².